The van der Waals surface area contributed by atoms with Gasteiger partial charge in [0.2, 0.25) is 0 Å². The van der Waals surface area contributed by atoms with Crippen LogP contribution in [0, 0.1) is 6.92 Å². The van der Waals surface area contributed by atoms with E-state index in [-0.39, 0.29) is 12.5 Å². The summed E-state index contributed by atoms with van der Waals surface area (Å²) in [5.74, 6) is 0.550. The number of aliphatic hydroxyl groups excluding tert-OH is 1. The van der Waals surface area contributed by atoms with E-state index in [2.05, 4.69) is 5.32 Å². The standard InChI is InChI=1S/C16H25NO3/c1-4-8-13(18)11-17-16(19)14(5-2)20-15-10-7-6-9-12(15)3/h6-7,9-10,13-14,18H,4-5,8,11H2,1-3H3,(H,17,19). The van der Waals surface area contributed by atoms with E-state index < -0.39 is 12.2 Å². The fourth-order valence-corrected chi connectivity index (χ4v) is 1.93. The number of carbonyl (C=O) groups excluding carboxylic acids is 1. The Balaban J connectivity index is 2.53. The summed E-state index contributed by atoms with van der Waals surface area (Å²) in [6, 6.07) is 7.63. The van der Waals surface area contributed by atoms with Gasteiger partial charge in [-0.1, -0.05) is 38.5 Å². The van der Waals surface area contributed by atoms with Gasteiger partial charge in [-0.2, -0.15) is 0 Å². The number of rotatable bonds is 8. The molecule has 0 aliphatic carbocycles. The number of benzene rings is 1. The highest BCUT2D eigenvalue weighted by Gasteiger charge is 2.19. The molecule has 1 rings (SSSR count). The van der Waals surface area contributed by atoms with E-state index in [0.717, 1.165) is 17.7 Å². The monoisotopic (exact) mass is 279 g/mol. The summed E-state index contributed by atoms with van der Waals surface area (Å²) in [5, 5.41) is 12.4. The van der Waals surface area contributed by atoms with Gasteiger partial charge in [-0.05, 0) is 31.4 Å². The molecule has 0 radical (unpaired) electrons. The lowest BCUT2D eigenvalue weighted by molar-refractivity contribution is -0.128. The highest BCUT2D eigenvalue weighted by molar-refractivity contribution is 5.81. The van der Waals surface area contributed by atoms with Gasteiger partial charge in [0.15, 0.2) is 6.10 Å². The Kier molecular flexibility index (Phi) is 7.09. The van der Waals surface area contributed by atoms with E-state index in [9.17, 15) is 9.90 Å². The first-order chi connectivity index (χ1) is 9.58. The molecule has 0 saturated heterocycles. The zero-order valence-corrected chi connectivity index (χ0v) is 12.6. The fraction of sp³-hybridized carbons (Fsp3) is 0.562. The Labute approximate surface area is 121 Å². The molecule has 4 heteroatoms. The van der Waals surface area contributed by atoms with Gasteiger partial charge in [-0.3, -0.25) is 4.79 Å². The average molecular weight is 279 g/mol. The van der Waals surface area contributed by atoms with E-state index in [0.29, 0.717) is 12.8 Å². The minimum atomic E-state index is -0.523. The Morgan fingerprint density at radius 3 is 2.65 bits per heavy atom. The highest BCUT2D eigenvalue weighted by Crippen LogP contribution is 2.18. The maximum absolute atomic E-state index is 12.1. The third-order valence-corrected chi connectivity index (χ3v) is 3.16. The molecule has 2 unspecified atom stereocenters. The van der Waals surface area contributed by atoms with Crippen molar-refractivity contribution in [1.82, 2.24) is 5.32 Å². The maximum atomic E-state index is 12.1. The smallest absolute Gasteiger partial charge is 0.261 e. The molecule has 1 aromatic carbocycles. The molecule has 0 aliphatic rings. The molecule has 0 aromatic heterocycles. The van der Waals surface area contributed by atoms with Crippen LogP contribution in [0.2, 0.25) is 0 Å². The number of hydrogen-bond donors (Lipinski definition) is 2. The minimum absolute atomic E-state index is 0.175. The molecule has 2 N–H and O–H groups in total. The largest absolute Gasteiger partial charge is 0.480 e. The normalized spacial score (nSPS) is 13.6. The van der Waals surface area contributed by atoms with Gasteiger partial charge in [0.1, 0.15) is 5.75 Å². The molecule has 112 valence electrons. The fourth-order valence-electron chi connectivity index (χ4n) is 1.93. The van der Waals surface area contributed by atoms with Crippen molar-refractivity contribution in [2.45, 2.75) is 52.2 Å². The maximum Gasteiger partial charge on any atom is 0.261 e. The molecule has 0 spiro atoms. The molecule has 1 aromatic rings. The first-order valence-electron chi connectivity index (χ1n) is 7.26. The molecule has 0 bridgehead atoms. The van der Waals surface area contributed by atoms with Crippen LogP contribution >= 0.6 is 0 Å². The lowest BCUT2D eigenvalue weighted by Gasteiger charge is -2.19. The van der Waals surface area contributed by atoms with Crippen LogP contribution in [-0.2, 0) is 4.79 Å². The van der Waals surface area contributed by atoms with Crippen molar-refractivity contribution in [3.8, 4) is 5.75 Å². The van der Waals surface area contributed by atoms with Gasteiger partial charge in [0.05, 0.1) is 6.10 Å². The van der Waals surface area contributed by atoms with Crippen LogP contribution in [0.4, 0.5) is 0 Å². The first kappa shape index (κ1) is 16.5. The van der Waals surface area contributed by atoms with Crippen LogP contribution in [0.25, 0.3) is 0 Å². The Hall–Kier alpha value is -1.55. The number of amides is 1. The topological polar surface area (TPSA) is 58.6 Å². The Bertz CT molecular complexity index is 420. The van der Waals surface area contributed by atoms with Crippen molar-refractivity contribution in [2.24, 2.45) is 0 Å². The molecular formula is C16H25NO3. The van der Waals surface area contributed by atoms with Crippen molar-refractivity contribution < 1.29 is 14.6 Å². The van der Waals surface area contributed by atoms with Gasteiger partial charge in [0, 0.05) is 6.54 Å². The molecule has 4 nitrogen and oxygen atoms in total. The van der Waals surface area contributed by atoms with Gasteiger partial charge in [-0.15, -0.1) is 0 Å². The zero-order chi connectivity index (χ0) is 15.0. The summed E-state index contributed by atoms with van der Waals surface area (Å²) in [5.41, 5.74) is 1.00. The lowest BCUT2D eigenvalue weighted by Crippen LogP contribution is -2.41. The van der Waals surface area contributed by atoms with E-state index in [1.54, 1.807) is 0 Å². The van der Waals surface area contributed by atoms with Gasteiger partial charge >= 0.3 is 0 Å². The summed E-state index contributed by atoms with van der Waals surface area (Å²) >= 11 is 0. The molecular weight excluding hydrogens is 254 g/mol. The number of nitrogens with one attached hydrogen (secondary N) is 1. The summed E-state index contributed by atoms with van der Waals surface area (Å²) in [6.07, 6.45) is 1.16. The van der Waals surface area contributed by atoms with Crippen molar-refractivity contribution in [3.05, 3.63) is 29.8 Å². The quantitative estimate of drug-likeness (QED) is 0.768. The molecule has 0 saturated carbocycles. The summed E-state index contributed by atoms with van der Waals surface area (Å²) < 4.78 is 5.75. The second-order valence-electron chi connectivity index (χ2n) is 4.97. The minimum Gasteiger partial charge on any atom is -0.480 e. The lowest BCUT2D eigenvalue weighted by atomic mass is 10.2. The second-order valence-corrected chi connectivity index (χ2v) is 4.97. The predicted molar refractivity (Wildman–Crippen MR) is 79.8 cm³/mol. The van der Waals surface area contributed by atoms with Crippen LogP contribution in [0.15, 0.2) is 24.3 Å². The number of aryl methyl sites for hydroxylation is 1. The Morgan fingerprint density at radius 1 is 1.35 bits per heavy atom. The summed E-state index contributed by atoms with van der Waals surface area (Å²) in [6.45, 7) is 6.14. The van der Waals surface area contributed by atoms with Gasteiger partial charge < -0.3 is 15.2 Å². The molecule has 0 heterocycles. The van der Waals surface area contributed by atoms with Crippen molar-refractivity contribution in [3.63, 3.8) is 0 Å². The van der Waals surface area contributed by atoms with Crippen molar-refractivity contribution in [1.29, 1.82) is 0 Å². The Morgan fingerprint density at radius 2 is 2.05 bits per heavy atom. The number of ether oxygens (including phenoxy) is 1. The van der Waals surface area contributed by atoms with Gasteiger partial charge in [0.25, 0.3) is 5.91 Å². The SMILES string of the molecule is CCCC(O)CNC(=O)C(CC)Oc1ccccc1C. The van der Waals surface area contributed by atoms with E-state index in [1.165, 1.54) is 0 Å². The summed E-state index contributed by atoms with van der Waals surface area (Å²) in [4.78, 5) is 12.1. The second kappa shape index (κ2) is 8.59. The van der Waals surface area contributed by atoms with E-state index in [1.807, 2.05) is 45.0 Å². The van der Waals surface area contributed by atoms with Crippen LogP contribution in [0.3, 0.4) is 0 Å². The number of aliphatic hydroxyl groups is 1. The predicted octanol–water partition coefficient (Wildman–Crippen LogP) is 2.43. The molecule has 0 aliphatic heterocycles. The highest BCUT2D eigenvalue weighted by atomic mass is 16.5. The van der Waals surface area contributed by atoms with Crippen LogP contribution in [0.5, 0.6) is 5.75 Å². The van der Waals surface area contributed by atoms with Crippen LogP contribution < -0.4 is 10.1 Å². The zero-order valence-electron chi connectivity index (χ0n) is 12.6. The van der Waals surface area contributed by atoms with E-state index >= 15 is 0 Å². The first-order valence-corrected chi connectivity index (χ1v) is 7.26. The average Bonchev–Trinajstić information content (AvgIpc) is 2.44. The summed E-state index contributed by atoms with van der Waals surface area (Å²) in [7, 11) is 0. The van der Waals surface area contributed by atoms with Gasteiger partial charge in [-0.25, -0.2) is 0 Å². The third-order valence-electron chi connectivity index (χ3n) is 3.16. The molecule has 1 amide bonds. The molecule has 20 heavy (non-hydrogen) atoms. The van der Waals surface area contributed by atoms with Crippen molar-refractivity contribution >= 4 is 5.91 Å². The number of para-hydroxylation sites is 1. The van der Waals surface area contributed by atoms with Crippen LogP contribution in [0.1, 0.15) is 38.7 Å². The van der Waals surface area contributed by atoms with E-state index in [4.69, 9.17) is 4.74 Å². The van der Waals surface area contributed by atoms with Crippen LogP contribution in [-0.4, -0.2) is 29.8 Å². The number of hydrogen-bond acceptors (Lipinski definition) is 3. The number of carbonyl (C=O) groups is 1. The van der Waals surface area contributed by atoms with Crippen molar-refractivity contribution in [2.75, 3.05) is 6.54 Å². The molecule has 0 fully saturated rings. The molecule has 2 atom stereocenters. The third kappa shape index (κ3) is 5.21.